The minimum atomic E-state index is -0.717. The summed E-state index contributed by atoms with van der Waals surface area (Å²) >= 11 is 0. The van der Waals surface area contributed by atoms with Crippen molar-refractivity contribution in [2.45, 2.75) is 32.8 Å². The highest BCUT2D eigenvalue weighted by atomic mass is 16.3. The van der Waals surface area contributed by atoms with Crippen LogP contribution in [0.2, 0.25) is 0 Å². The standard InChI is InChI=1S/C10H22N2O2/c1-5-10(3,14)8-11-7-9(13)12(4)6-2/h11,14H,5-8H2,1-4H3. The zero-order chi connectivity index (χ0) is 11.2. The van der Waals surface area contributed by atoms with Gasteiger partial charge in [-0.15, -0.1) is 0 Å². The fourth-order valence-corrected chi connectivity index (χ4v) is 0.875. The summed E-state index contributed by atoms with van der Waals surface area (Å²) in [6.45, 7) is 7.06. The van der Waals surface area contributed by atoms with E-state index in [1.54, 1.807) is 18.9 Å². The van der Waals surface area contributed by atoms with E-state index in [0.29, 0.717) is 26.1 Å². The number of carbonyl (C=O) groups excluding carboxylic acids is 1. The van der Waals surface area contributed by atoms with Crippen molar-refractivity contribution in [2.75, 3.05) is 26.7 Å². The van der Waals surface area contributed by atoms with Gasteiger partial charge in [-0.1, -0.05) is 6.92 Å². The summed E-state index contributed by atoms with van der Waals surface area (Å²) in [4.78, 5) is 13.0. The van der Waals surface area contributed by atoms with E-state index >= 15 is 0 Å². The third kappa shape index (κ3) is 5.19. The Morgan fingerprint density at radius 1 is 1.50 bits per heavy atom. The van der Waals surface area contributed by atoms with Crippen molar-refractivity contribution in [3.63, 3.8) is 0 Å². The Bertz CT molecular complexity index is 181. The molecule has 0 aromatic carbocycles. The van der Waals surface area contributed by atoms with Gasteiger partial charge in [0, 0.05) is 20.1 Å². The maximum absolute atomic E-state index is 11.3. The van der Waals surface area contributed by atoms with Gasteiger partial charge in [0.1, 0.15) is 0 Å². The maximum Gasteiger partial charge on any atom is 0.236 e. The second kappa shape index (κ2) is 5.98. The van der Waals surface area contributed by atoms with Gasteiger partial charge in [-0.3, -0.25) is 4.79 Å². The largest absolute Gasteiger partial charge is 0.389 e. The fourth-order valence-electron chi connectivity index (χ4n) is 0.875. The summed E-state index contributed by atoms with van der Waals surface area (Å²) in [6, 6.07) is 0. The molecule has 14 heavy (non-hydrogen) atoms. The number of likely N-dealkylation sites (N-methyl/N-ethyl adjacent to an activating group) is 1. The Labute approximate surface area is 86.3 Å². The number of hydrogen-bond donors (Lipinski definition) is 2. The summed E-state index contributed by atoms with van der Waals surface area (Å²) in [6.07, 6.45) is 0.678. The first-order valence-corrected chi connectivity index (χ1v) is 5.10. The van der Waals surface area contributed by atoms with E-state index in [1.165, 1.54) is 0 Å². The molecule has 0 heterocycles. The molecular formula is C10H22N2O2. The van der Waals surface area contributed by atoms with Crippen LogP contribution in [0.3, 0.4) is 0 Å². The number of carbonyl (C=O) groups is 1. The minimum Gasteiger partial charge on any atom is -0.389 e. The average Bonchev–Trinajstić information content (AvgIpc) is 2.16. The molecule has 0 aliphatic rings. The molecule has 0 radical (unpaired) electrons. The van der Waals surface area contributed by atoms with Crippen LogP contribution in [-0.4, -0.2) is 48.2 Å². The van der Waals surface area contributed by atoms with Gasteiger partial charge in [-0.05, 0) is 20.3 Å². The lowest BCUT2D eigenvalue weighted by Crippen LogP contribution is -2.42. The lowest BCUT2D eigenvalue weighted by Gasteiger charge is -2.22. The second-order valence-electron chi connectivity index (χ2n) is 3.86. The molecule has 1 atom stereocenters. The molecule has 0 aliphatic heterocycles. The van der Waals surface area contributed by atoms with E-state index in [4.69, 9.17) is 0 Å². The van der Waals surface area contributed by atoms with E-state index in [0.717, 1.165) is 0 Å². The molecule has 4 heteroatoms. The third-order valence-corrected chi connectivity index (χ3v) is 2.44. The molecule has 0 rings (SSSR count). The van der Waals surface area contributed by atoms with Crippen LogP contribution >= 0.6 is 0 Å². The highest BCUT2D eigenvalue weighted by molar-refractivity contribution is 5.77. The number of nitrogens with zero attached hydrogens (tertiary/aromatic N) is 1. The smallest absolute Gasteiger partial charge is 0.236 e. The maximum atomic E-state index is 11.3. The van der Waals surface area contributed by atoms with Crippen molar-refractivity contribution in [3.8, 4) is 0 Å². The summed E-state index contributed by atoms with van der Waals surface area (Å²) in [5, 5.41) is 12.6. The molecule has 0 saturated heterocycles. The van der Waals surface area contributed by atoms with Gasteiger partial charge in [0.05, 0.1) is 12.1 Å². The molecule has 2 N–H and O–H groups in total. The van der Waals surface area contributed by atoms with Gasteiger partial charge in [-0.2, -0.15) is 0 Å². The Hall–Kier alpha value is -0.610. The van der Waals surface area contributed by atoms with Crippen molar-refractivity contribution in [1.29, 1.82) is 0 Å². The third-order valence-electron chi connectivity index (χ3n) is 2.44. The molecule has 0 aromatic rings. The number of aliphatic hydroxyl groups is 1. The number of nitrogens with one attached hydrogen (secondary N) is 1. The molecule has 4 nitrogen and oxygen atoms in total. The van der Waals surface area contributed by atoms with Gasteiger partial charge in [-0.25, -0.2) is 0 Å². The van der Waals surface area contributed by atoms with Crippen molar-refractivity contribution in [2.24, 2.45) is 0 Å². The first kappa shape index (κ1) is 13.4. The van der Waals surface area contributed by atoms with Crippen LogP contribution in [0.25, 0.3) is 0 Å². The van der Waals surface area contributed by atoms with Crippen molar-refractivity contribution >= 4 is 5.91 Å². The molecule has 0 spiro atoms. The summed E-state index contributed by atoms with van der Waals surface area (Å²) < 4.78 is 0. The zero-order valence-corrected chi connectivity index (χ0v) is 9.63. The molecule has 0 bridgehead atoms. The highest BCUT2D eigenvalue weighted by Gasteiger charge is 2.17. The Kier molecular flexibility index (Phi) is 5.72. The zero-order valence-electron chi connectivity index (χ0n) is 9.63. The lowest BCUT2D eigenvalue weighted by atomic mass is 10.0. The minimum absolute atomic E-state index is 0.0550. The van der Waals surface area contributed by atoms with Crippen LogP contribution in [0.4, 0.5) is 0 Å². The van der Waals surface area contributed by atoms with E-state index in [-0.39, 0.29) is 5.91 Å². The van der Waals surface area contributed by atoms with Crippen LogP contribution in [0.15, 0.2) is 0 Å². The molecule has 84 valence electrons. The molecule has 1 unspecified atom stereocenters. The van der Waals surface area contributed by atoms with Crippen LogP contribution in [0.1, 0.15) is 27.2 Å². The molecule has 0 aliphatic carbocycles. The van der Waals surface area contributed by atoms with E-state index in [2.05, 4.69) is 5.32 Å². The summed E-state index contributed by atoms with van der Waals surface area (Å²) in [5.74, 6) is 0.0550. The monoisotopic (exact) mass is 202 g/mol. The van der Waals surface area contributed by atoms with Gasteiger partial charge < -0.3 is 15.3 Å². The molecule has 0 aromatic heterocycles. The van der Waals surface area contributed by atoms with Crippen molar-refractivity contribution in [1.82, 2.24) is 10.2 Å². The summed E-state index contributed by atoms with van der Waals surface area (Å²) in [5.41, 5.74) is -0.717. The number of rotatable bonds is 6. The SMILES string of the molecule is CCN(C)C(=O)CNCC(C)(O)CC. The second-order valence-corrected chi connectivity index (χ2v) is 3.86. The van der Waals surface area contributed by atoms with Gasteiger partial charge in [0.2, 0.25) is 5.91 Å². The summed E-state index contributed by atoms with van der Waals surface area (Å²) in [7, 11) is 1.77. The molecule has 1 amide bonds. The molecule has 0 fully saturated rings. The lowest BCUT2D eigenvalue weighted by molar-refractivity contribution is -0.128. The molecular weight excluding hydrogens is 180 g/mol. The van der Waals surface area contributed by atoms with Gasteiger partial charge in [0.25, 0.3) is 0 Å². The highest BCUT2D eigenvalue weighted by Crippen LogP contribution is 2.05. The van der Waals surface area contributed by atoms with Crippen LogP contribution in [0, 0.1) is 0 Å². The Balaban J connectivity index is 3.69. The first-order valence-electron chi connectivity index (χ1n) is 5.10. The number of amides is 1. The molecule has 0 saturated carbocycles. The topological polar surface area (TPSA) is 52.6 Å². The van der Waals surface area contributed by atoms with Crippen LogP contribution in [0.5, 0.6) is 0 Å². The van der Waals surface area contributed by atoms with Gasteiger partial charge >= 0.3 is 0 Å². The van der Waals surface area contributed by atoms with Crippen molar-refractivity contribution < 1.29 is 9.90 Å². The van der Waals surface area contributed by atoms with Crippen LogP contribution in [-0.2, 0) is 4.79 Å². The van der Waals surface area contributed by atoms with Crippen LogP contribution < -0.4 is 5.32 Å². The average molecular weight is 202 g/mol. The first-order chi connectivity index (χ1) is 6.43. The predicted molar refractivity (Wildman–Crippen MR) is 57.1 cm³/mol. The van der Waals surface area contributed by atoms with E-state index in [1.807, 2.05) is 13.8 Å². The van der Waals surface area contributed by atoms with Crippen molar-refractivity contribution in [3.05, 3.63) is 0 Å². The fraction of sp³-hybridized carbons (Fsp3) is 0.900. The van der Waals surface area contributed by atoms with E-state index < -0.39 is 5.60 Å². The normalized spacial score (nSPS) is 14.9. The van der Waals surface area contributed by atoms with E-state index in [9.17, 15) is 9.90 Å². The quantitative estimate of drug-likeness (QED) is 0.647. The number of hydrogen-bond acceptors (Lipinski definition) is 3. The Morgan fingerprint density at radius 3 is 2.50 bits per heavy atom. The van der Waals surface area contributed by atoms with Gasteiger partial charge in [0.15, 0.2) is 0 Å². The predicted octanol–water partition coefficient (Wildman–Crippen LogP) is 0.215. The Morgan fingerprint density at radius 2 is 2.07 bits per heavy atom.